The molecule has 0 unspecified atom stereocenters. The second-order valence-corrected chi connectivity index (χ2v) is 5.46. The molecule has 0 spiro atoms. The standard InChI is InChI=1S/C9H22O3Si.3H3N/c1-5-9-13(10-6-2,11-7-3)12-8-4;;;/h5-9H2,1-4H3;3*1H3. The molecule has 0 radical (unpaired) electrons. The van der Waals surface area contributed by atoms with Crippen LogP contribution in [0, 0.1) is 0 Å². The van der Waals surface area contributed by atoms with Crippen molar-refractivity contribution in [2.45, 2.75) is 40.2 Å². The molecule has 0 aromatic heterocycles. The molecule has 9 N–H and O–H groups in total. The van der Waals surface area contributed by atoms with E-state index in [0.29, 0.717) is 19.8 Å². The molecule has 7 heteroatoms. The van der Waals surface area contributed by atoms with Crippen molar-refractivity contribution in [3.05, 3.63) is 0 Å². The number of rotatable bonds is 8. The molecule has 0 atom stereocenters. The highest BCUT2D eigenvalue weighted by molar-refractivity contribution is 6.60. The van der Waals surface area contributed by atoms with Crippen molar-refractivity contribution in [3.8, 4) is 0 Å². The Labute approximate surface area is 101 Å². The summed E-state index contributed by atoms with van der Waals surface area (Å²) in [6, 6.07) is 0.919. The minimum Gasteiger partial charge on any atom is -0.374 e. The predicted octanol–water partition coefficient (Wildman–Crippen LogP) is 2.93. The monoisotopic (exact) mass is 257 g/mol. The lowest BCUT2D eigenvalue weighted by atomic mass is 10.6. The van der Waals surface area contributed by atoms with Crippen LogP contribution in [0.4, 0.5) is 0 Å². The molecule has 0 amide bonds. The summed E-state index contributed by atoms with van der Waals surface area (Å²) in [5.41, 5.74) is 0. The molecule has 6 nitrogen and oxygen atoms in total. The van der Waals surface area contributed by atoms with E-state index in [9.17, 15) is 0 Å². The van der Waals surface area contributed by atoms with E-state index in [1.54, 1.807) is 0 Å². The van der Waals surface area contributed by atoms with Crippen LogP contribution in [0.15, 0.2) is 0 Å². The van der Waals surface area contributed by atoms with Gasteiger partial charge in [-0.3, -0.25) is 0 Å². The summed E-state index contributed by atoms with van der Waals surface area (Å²) in [6.07, 6.45) is 1.05. The maximum Gasteiger partial charge on any atom is 0.500 e. The summed E-state index contributed by atoms with van der Waals surface area (Å²) in [5.74, 6) is 0. The molecule has 0 aromatic carbocycles. The normalized spacial score (nSPS) is 9.75. The molecule has 0 aromatic rings. The smallest absolute Gasteiger partial charge is 0.374 e. The Bertz CT molecular complexity index is 101. The van der Waals surface area contributed by atoms with Crippen LogP contribution < -0.4 is 18.5 Å². The highest BCUT2D eigenvalue weighted by Crippen LogP contribution is 2.17. The second-order valence-electron chi connectivity index (χ2n) is 2.73. The first-order chi connectivity index (χ1) is 6.24. The van der Waals surface area contributed by atoms with Crippen LogP contribution in [-0.2, 0) is 13.3 Å². The minimum absolute atomic E-state index is 0. The summed E-state index contributed by atoms with van der Waals surface area (Å²) < 4.78 is 16.9. The Hall–Kier alpha value is -0.0231. The van der Waals surface area contributed by atoms with E-state index in [1.165, 1.54) is 0 Å². The van der Waals surface area contributed by atoms with Crippen LogP contribution in [0.25, 0.3) is 0 Å². The van der Waals surface area contributed by atoms with Gasteiger partial charge < -0.3 is 31.7 Å². The first-order valence-electron chi connectivity index (χ1n) is 5.16. The van der Waals surface area contributed by atoms with Crippen LogP contribution >= 0.6 is 0 Å². The zero-order valence-corrected chi connectivity index (χ0v) is 12.4. The first-order valence-corrected chi connectivity index (χ1v) is 7.09. The first kappa shape index (κ1) is 25.0. The van der Waals surface area contributed by atoms with E-state index in [1.807, 2.05) is 20.8 Å². The van der Waals surface area contributed by atoms with Gasteiger partial charge in [0.25, 0.3) is 0 Å². The molecule has 104 valence electrons. The van der Waals surface area contributed by atoms with Gasteiger partial charge >= 0.3 is 8.80 Å². The lowest BCUT2D eigenvalue weighted by Crippen LogP contribution is -2.45. The average molecular weight is 257 g/mol. The largest absolute Gasteiger partial charge is 0.500 e. The lowest BCUT2D eigenvalue weighted by molar-refractivity contribution is 0.0712. The maximum absolute atomic E-state index is 5.65. The molecule has 0 saturated carbocycles. The van der Waals surface area contributed by atoms with Gasteiger partial charge in [0.05, 0.1) is 0 Å². The Balaban J connectivity index is -0.000000240. The van der Waals surface area contributed by atoms with Crippen LogP contribution in [-0.4, -0.2) is 28.6 Å². The van der Waals surface area contributed by atoms with Gasteiger partial charge in [0.2, 0.25) is 0 Å². The molecule has 0 heterocycles. The number of hydrogen-bond donors (Lipinski definition) is 3. The Morgan fingerprint density at radius 1 is 0.688 bits per heavy atom. The van der Waals surface area contributed by atoms with Gasteiger partial charge in [-0.1, -0.05) is 13.3 Å². The molecule has 0 rings (SSSR count). The molecular weight excluding hydrogens is 226 g/mol. The van der Waals surface area contributed by atoms with Gasteiger partial charge in [0, 0.05) is 25.9 Å². The quantitative estimate of drug-likeness (QED) is 0.572. The van der Waals surface area contributed by atoms with E-state index < -0.39 is 8.80 Å². The van der Waals surface area contributed by atoms with Crippen molar-refractivity contribution < 1.29 is 13.3 Å². The topological polar surface area (TPSA) is 133 Å². The van der Waals surface area contributed by atoms with Crippen molar-refractivity contribution in [1.82, 2.24) is 18.5 Å². The molecule has 0 bridgehead atoms. The van der Waals surface area contributed by atoms with Crippen LogP contribution in [0.1, 0.15) is 34.1 Å². The summed E-state index contributed by atoms with van der Waals surface area (Å²) >= 11 is 0. The fraction of sp³-hybridized carbons (Fsp3) is 1.00. The zero-order chi connectivity index (χ0) is 10.2. The predicted molar refractivity (Wildman–Crippen MR) is 70.8 cm³/mol. The third-order valence-corrected chi connectivity index (χ3v) is 4.95. The highest BCUT2D eigenvalue weighted by atomic mass is 28.4. The third kappa shape index (κ3) is 9.22. The van der Waals surface area contributed by atoms with Crippen molar-refractivity contribution in [2.75, 3.05) is 19.8 Å². The lowest BCUT2D eigenvalue weighted by Gasteiger charge is -2.27. The minimum atomic E-state index is -2.30. The zero-order valence-electron chi connectivity index (χ0n) is 11.4. The fourth-order valence-electron chi connectivity index (χ4n) is 1.31. The van der Waals surface area contributed by atoms with Gasteiger partial charge in [-0.15, -0.1) is 0 Å². The SMILES string of the molecule is CCC[Si](OCC)(OCC)OCC.N.N.N. The van der Waals surface area contributed by atoms with Crippen molar-refractivity contribution in [3.63, 3.8) is 0 Å². The second kappa shape index (κ2) is 15.0. The maximum atomic E-state index is 5.65. The molecule has 0 fully saturated rings. The van der Waals surface area contributed by atoms with E-state index in [-0.39, 0.29) is 18.5 Å². The van der Waals surface area contributed by atoms with Crippen molar-refractivity contribution in [2.24, 2.45) is 0 Å². The van der Waals surface area contributed by atoms with E-state index in [4.69, 9.17) is 13.3 Å². The van der Waals surface area contributed by atoms with Gasteiger partial charge in [-0.05, 0) is 20.8 Å². The van der Waals surface area contributed by atoms with Gasteiger partial charge in [-0.25, -0.2) is 0 Å². The van der Waals surface area contributed by atoms with Gasteiger partial charge in [0.15, 0.2) is 0 Å². The van der Waals surface area contributed by atoms with Crippen molar-refractivity contribution in [1.29, 1.82) is 0 Å². The Morgan fingerprint density at radius 3 is 1.19 bits per heavy atom. The molecule has 0 aliphatic rings. The molecule has 0 saturated heterocycles. The highest BCUT2D eigenvalue weighted by Gasteiger charge is 2.38. The summed E-state index contributed by atoms with van der Waals surface area (Å²) in [7, 11) is -2.30. The van der Waals surface area contributed by atoms with Crippen LogP contribution in [0.5, 0.6) is 0 Å². The van der Waals surface area contributed by atoms with Gasteiger partial charge in [-0.2, -0.15) is 0 Å². The average Bonchev–Trinajstić information content (AvgIpc) is 2.06. The molecular formula is C9H31N3O3Si. The summed E-state index contributed by atoms with van der Waals surface area (Å²) in [6.45, 7) is 10.1. The summed E-state index contributed by atoms with van der Waals surface area (Å²) in [4.78, 5) is 0. The molecule has 16 heavy (non-hydrogen) atoms. The van der Waals surface area contributed by atoms with Gasteiger partial charge in [0.1, 0.15) is 0 Å². The van der Waals surface area contributed by atoms with Crippen LogP contribution in [0.3, 0.4) is 0 Å². The van der Waals surface area contributed by atoms with E-state index >= 15 is 0 Å². The Morgan fingerprint density at radius 2 is 1.00 bits per heavy atom. The summed E-state index contributed by atoms with van der Waals surface area (Å²) in [5, 5.41) is 0. The Kier molecular flexibility index (Phi) is 23.4. The van der Waals surface area contributed by atoms with Crippen molar-refractivity contribution >= 4 is 8.80 Å². The van der Waals surface area contributed by atoms with E-state index in [0.717, 1.165) is 12.5 Å². The molecule has 0 aliphatic heterocycles. The van der Waals surface area contributed by atoms with Crippen LogP contribution in [0.2, 0.25) is 6.04 Å². The number of hydrogen-bond acceptors (Lipinski definition) is 6. The van der Waals surface area contributed by atoms with E-state index in [2.05, 4.69) is 6.92 Å². The fourth-order valence-corrected chi connectivity index (χ4v) is 3.92. The molecule has 0 aliphatic carbocycles. The third-order valence-electron chi connectivity index (χ3n) is 1.65.